The molecule has 0 radical (unpaired) electrons. The molecule has 0 N–H and O–H groups in total. The van der Waals surface area contributed by atoms with E-state index in [0.717, 1.165) is 32.2 Å². The van der Waals surface area contributed by atoms with Crippen molar-refractivity contribution >= 4 is 11.7 Å². The first kappa shape index (κ1) is 13.6. The lowest BCUT2D eigenvalue weighted by Gasteiger charge is -2.25. The van der Waals surface area contributed by atoms with Crippen molar-refractivity contribution < 1.29 is 9.59 Å². The van der Waals surface area contributed by atoms with Gasteiger partial charge in [0.2, 0.25) is 5.91 Å². The lowest BCUT2D eigenvalue weighted by atomic mass is 9.86. The molecule has 2 aliphatic rings. The van der Waals surface area contributed by atoms with Crippen molar-refractivity contribution in [3.05, 3.63) is 0 Å². The third-order valence-electron chi connectivity index (χ3n) is 4.50. The van der Waals surface area contributed by atoms with E-state index in [2.05, 4.69) is 6.92 Å². The van der Waals surface area contributed by atoms with Gasteiger partial charge in [0.1, 0.15) is 0 Å². The molecule has 0 aromatic rings. The summed E-state index contributed by atoms with van der Waals surface area (Å²) in [5, 5.41) is 0. The van der Waals surface area contributed by atoms with Crippen LogP contribution in [0.2, 0.25) is 0 Å². The summed E-state index contributed by atoms with van der Waals surface area (Å²) in [4.78, 5) is 26.0. The zero-order chi connectivity index (χ0) is 13.0. The highest BCUT2D eigenvalue weighted by atomic mass is 16.2. The molecule has 2 fully saturated rings. The molecule has 18 heavy (non-hydrogen) atoms. The van der Waals surface area contributed by atoms with Gasteiger partial charge in [-0.25, -0.2) is 0 Å². The molecule has 2 rings (SSSR count). The first-order valence-electron chi connectivity index (χ1n) is 7.47. The van der Waals surface area contributed by atoms with Crippen LogP contribution in [-0.4, -0.2) is 29.7 Å². The number of carbonyl (C=O) groups excluding carboxylic acids is 2. The van der Waals surface area contributed by atoms with Crippen molar-refractivity contribution in [1.82, 2.24) is 4.90 Å². The summed E-state index contributed by atoms with van der Waals surface area (Å²) < 4.78 is 0. The lowest BCUT2D eigenvalue weighted by molar-refractivity contribution is -0.136. The largest absolute Gasteiger partial charge is 0.335 e. The van der Waals surface area contributed by atoms with Crippen LogP contribution in [0, 0.1) is 11.8 Å². The number of rotatable bonds is 3. The van der Waals surface area contributed by atoms with Gasteiger partial charge in [-0.15, -0.1) is 0 Å². The van der Waals surface area contributed by atoms with Gasteiger partial charge in [-0.05, 0) is 31.6 Å². The number of hydrogen-bond donors (Lipinski definition) is 0. The molecule has 1 atom stereocenters. The van der Waals surface area contributed by atoms with E-state index in [9.17, 15) is 9.59 Å². The summed E-state index contributed by atoms with van der Waals surface area (Å²) >= 11 is 0. The fraction of sp³-hybridized carbons (Fsp3) is 0.867. The zero-order valence-electron chi connectivity index (χ0n) is 11.5. The van der Waals surface area contributed by atoms with E-state index >= 15 is 0 Å². The molecule has 3 nitrogen and oxygen atoms in total. The van der Waals surface area contributed by atoms with Crippen LogP contribution in [0.15, 0.2) is 0 Å². The van der Waals surface area contributed by atoms with Crippen molar-refractivity contribution in [2.24, 2.45) is 11.8 Å². The van der Waals surface area contributed by atoms with Gasteiger partial charge in [-0.3, -0.25) is 9.59 Å². The topological polar surface area (TPSA) is 37.4 Å². The van der Waals surface area contributed by atoms with E-state index in [1.165, 1.54) is 19.3 Å². The minimum atomic E-state index is 0.184. The number of amides is 1. The van der Waals surface area contributed by atoms with Gasteiger partial charge in [0, 0.05) is 18.9 Å². The monoisotopic (exact) mass is 251 g/mol. The second-order valence-electron chi connectivity index (χ2n) is 6.05. The Labute approximate surface area is 110 Å². The van der Waals surface area contributed by atoms with Gasteiger partial charge < -0.3 is 4.90 Å². The van der Waals surface area contributed by atoms with Crippen LogP contribution < -0.4 is 0 Å². The molecule has 3 heteroatoms. The fourth-order valence-corrected chi connectivity index (χ4v) is 3.08. The van der Waals surface area contributed by atoms with Crippen LogP contribution in [0.5, 0.6) is 0 Å². The molecule has 0 aromatic carbocycles. The van der Waals surface area contributed by atoms with Gasteiger partial charge in [0.05, 0.1) is 6.54 Å². The molecule has 1 saturated carbocycles. The first-order valence-corrected chi connectivity index (χ1v) is 7.47. The SMILES string of the molecule is CC1CCC(=O)N(CC(=O)C2CCCCC2)CC1. The molecular formula is C15H25NO2. The maximum absolute atomic E-state index is 12.2. The number of nitrogens with zero attached hydrogens (tertiary/aromatic N) is 1. The number of ketones is 1. The van der Waals surface area contributed by atoms with Gasteiger partial charge in [-0.1, -0.05) is 26.2 Å². The van der Waals surface area contributed by atoms with E-state index in [4.69, 9.17) is 0 Å². The molecule has 1 saturated heterocycles. The second kappa shape index (κ2) is 6.35. The lowest BCUT2D eigenvalue weighted by Crippen LogP contribution is -2.38. The zero-order valence-corrected chi connectivity index (χ0v) is 11.5. The maximum Gasteiger partial charge on any atom is 0.222 e. The summed E-state index contributed by atoms with van der Waals surface area (Å²) in [6.07, 6.45) is 8.36. The fourth-order valence-electron chi connectivity index (χ4n) is 3.08. The normalized spacial score (nSPS) is 27.1. The Kier molecular flexibility index (Phi) is 4.79. The highest BCUT2D eigenvalue weighted by Crippen LogP contribution is 2.25. The van der Waals surface area contributed by atoms with Crippen LogP contribution in [-0.2, 0) is 9.59 Å². The Hall–Kier alpha value is -0.860. The molecule has 0 aromatic heterocycles. The minimum Gasteiger partial charge on any atom is -0.335 e. The molecule has 0 spiro atoms. The van der Waals surface area contributed by atoms with Crippen LogP contribution in [0.4, 0.5) is 0 Å². The summed E-state index contributed by atoms with van der Waals surface area (Å²) in [5.74, 6) is 1.33. The molecule has 1 aliphatic heterocycles. The van der Waals surface area contributed by atoms with Crippen molar-refractivity contribution in [2.75, 3.05) is 13.1 Å². The molecular weight excluding hydrogens is 226 g/mol. The Bertz CT molecular complexity index is 308. The van der Waals surface area contributed by atoms with Gasteiger partial charge in [0.25, 0.3) is 0 Å². The minimum absolute atomic E-state index is 0.184. The number of Topliss-reactive ketones (excluding diaryl/α,β-unsaturated/α-hetero) is 1. The molecule has 102 valence electrons. The van der Waals surface area contributed by atoms with E-state index < -0.39 is 0 Å². The van der Waals surface area contributed by atoms with Crippen molar-refractivity contribution in [3.8, 4) is 0 Å². The predicted molar refractivity (Wildman–Crippen MR) is 71.2 cm³/mol. The Morgan fingerprint density at radius 2 is 1.89 bits per heavy atom. The standard InChI is InChI=1S/C15H25NO2/c1-12-7-8-15(18)16(10-9-12)11-14(17)13-5-3-2-4-6-13/h12-13H,2-11H2,1H3. The van der Waals surface area contributed by atoms with Gasteiger partial charge in [-0.2, -0.15) is 0 Å². The van der Waals surface area contributed by atoms with Gasteiger partial charge in [0.15, 0.2) is 5.78 Å². The van der Waals surface area contributed by atoms with Crippen LogP contribution >= 0.6 is 0 Å². The van der Waals surface area contributed by atoms with E-state index in [-0.39, 0.29) is 11.8 Å². The van der Waals surface area contributed by atoms with E-state index in [0.29, 0.717) is 24.7 Å². The molecule has 1 heterocycles. The number of likely N-dealkylation sites (tertiary alicyclic amines) is 1. The third kappa shape index (κ3) is 3.56. The average Bonchev–Trinajstić information content (AvgIpc) is 2.55. The summed E-state index contributed by atoms with van der Waals surface area (Å²) in [6.45, 7) is 3.34. The Morgan fingerprint density at radius 3 is 2.61 bits per heavy atom. The van der Waals surface area contributed by atoms with Crippen LogP contribution in [0.1, 0.15) is 58.3 Å². The van der Waals surface area contributed by atoms with Crippen LogP contribution in [0.3, 0.4) is 0 Å². The summed E-state index contributed by atoms with van der Waals surface area (Å²) in [5.41, 5.74) is 0. The van der Waals surface area contributed by atoms with Crippen LogP contribution in [0.25, 0.3) is 0 Å². The van der Waals surface area contributed by atoms with Crippen molar-refractivity contribution in [3.63, 3.8) is 0 Å². The number of hydrogen-bond acceptors (Lipinski definition) is 2. The molecule has 1 unspecified atom stereocenters. The number of carbonyl (C=O) groups is 2. The molecule has 0 bridgehead atoms. The Morgan fingerprint density at radius 1 is 1.17 bits per heavy atom. The summed E-state index contributed by atoms with van der Waals surface area (Å²) in [6, 6.07) is 0. The Balaban J connectivity index is 1.86. The van der Waals surface area contributed by atoms with Crippen molar-refractivity contribution in [1.29, 1.82) is 0 Å². The average molecular weight is 251 g/mol. The van der Waals surface area contributed by atoms with E-state index in [1.807, 2.05) is 0 Å². The summed E-state index contributed by atoms with van der Waals surface area (Å²) in [7, 11) is 0. The van der Waals surface area contributed by atoms with Gasteiger partial charge >= 0.3 is 0 Å². The smallest absolute Gasteiger partial charge is 0.222 e. The first-order chi connectivity index (χ1) is 8.66. The van der Waals surface area contributed by atoms with E-state index in [1.54, 1.807) is 4.90 Å². The highest BCUT2D eigenvalue weighted by Gasteiger charge is 2.26. The highest BCUT2D eigenvalue weighted by molar-refractivity contribution is 5.87. The van der Waals surface area contributed by atoms with Crippen molar-refractivity contribution in [2.45, 2.75) is 58.3 Å². The quantitative estimate of drug-likeness (QED) is 0.773. The predicted octanol–water partition coefficient (Wildman–Crippen LogP) is 2.78. The molecule has 1 aliphatic carbocycles. The third-order valence-corrected chi connectivity index (χ3v) is 4.50. The maximum atomic E-state index is 12.2. The second-order valence-corrected chi connectivity index (χ2v) is 6.05. The molecule has 1 amide bonds.